The molecule has 42 heavy (non-hydrogen) atoms. The van der Waals surface area contributed by atoms with Gasteiger partial charge in [0.05, 0.1) is 29.3 Å². The van der Waals surface area contributed by atoms with Gasteiger partial charge in [0.25, 0.3) is 32.1 Å². The SMILES string of the molecule is CC(=O)Nc1ccc(Nc2ccc(Nc3nc(-[n+]4cccc(C(N)=O)c4)nc(=O)[nH]3)c(S(=O)(=O)O)c2)c(S(=O)(=O)O)c1. The molecule has 2 heterocycles. The number of nitrogens with one attached hydrogen (secondary N) is 4. The highest BCUT2D eigenvalue weighted by molar-refractivity contribution is 7.86. The molecule has 2 aromatic carbocycles. The summed E-state index contributed by atoms with van der Waals surface area (Å²) in [6.07, 6.45) is 2.70. The number of H-pyrrole nitrogens is 1. The lowest BCUT2D eigenvalue weighted by Crippen LogP contribution is -2.37. The van der Waals surface area contributed by atoms with Crippen molar-refractivity contribution in [3.05, 3.63) is 77.0 Å². The number of carbonyl (C=O) groups is 2. The fourth-order valence-electron chi connectivity index (χ4n) is 3.61. The number of benzene rings is 2. The van der Waals surface area contributed by atoms with Crippen molar-refractivity contribution >= 4 is 60.7 Å². The van der Waals surface area contributed by atoms with E-state index in [1.165, 1.54) is 60.3 Å². The van der Waals surface area contributed by atoms with Crippen molar-refractivity contribution in [3.8, 4) is 5.95 Å². The van der Waals surface area contributed by atoms with E-state index in [4.69, 9.17) is 5.73 Å². The van der Waals surface area contributed by atoms with Gasteiger partial charge in [-0.15, -0.1) is 0 Å². The summed E-state index contributed by atoms with van der Waals surface area (Å²) < 4.78 is 69.2. The Morgan fingerprint density at radius 3 is 2.10 bits per heavy atom. The van der Waals surface area contributed by atoms with Crippen LogP contribution in [0.2, 0.25) is 0 Å². The molecule has 4 rings (SSSR count). The predicted octanol–water partition coefficient (Wildman–Crippen LogP) is 0.480. The molecule has 19 heteroatoms. The number of nitrogens with two attached hydrogens (primary N) is 1. The lowest BCUT2D eigenvalue weighted by atomic mass is 10.2. The topological polar surface area (TPSA) is 268 Å². The minimum Gasteiger partial charge on any atom is -0.366 e. The largest absolute Gasteiger partial charge is 0.446 e. The number of aromatic amines is 1. The Hall–Kier alpha value is -5.24. The minimum atomic E-state index is -4.92. The van der Waals surface area contributed by atoms with Gasteiger partial charge in [0.2, 0.25) is 5.91 Å². The van der Waals surface area contributed by atoms with Gasteiger partial charge in [0, 0.05) is 18.3 Å². The van der Waals surface area contributed by atoms with E-state index in [1.807, 2.05) is 0 Å². The van der Waals surface area contributed by atoms with Crippen LogP contribution in [0.3, 0.4) is 0 Å². The number of aromatic nitrogens is 4. The first-order valence-corrected chi connectivity index (χ1v) is 14.3. The molecule has 8 N–H and O–H groups in total. The number of amides is 2. The fourth-order valence-corrected chi connectivity index (χ4v) is 4.96. The number of primary amides is 1. The van der Waals surface area contributed by atoms with Gasteiger partial charge >= 0.3 is 11.6 Å². The zero-order valence-electron chi connectivity index (χ0n) is 21.3. The van der Waals surface area contributed by atoms with Crippen molar-refractivity contribution in [2.45, 2.75) is 16.7 Å². The average molecular weight is 618 g/mol. The van der Waals surface area contributed by atoms with E-state index >= 15 is 0 Å². The van der Waals surface area contributed by atoms with Crippen molar-refractivity contribution < 1.29 is 40.1 Å². The van der Waals surface area contributed by atoms with Crippen LogP contribution in [-0.4, -0.2) is 52.7 Å². The maximum Gasteiger partial charge on any atom is 0.446 e. The van der Waals surface area contributed by atoms with Crippen LogP contribution in [0.5, 0.6) is 0 Å². The zero-order valence-corrected chi connectivity index (χ0v) is 22.9. The summed E-state index contributed by atoms with van der Waals surface area (Å²) >= 11 is 0. The second kappa shape index (κ2) is 11.3. The molecule has 0 saturated heterocycles. The highest BCUT2D eigenvalue weighted by atomic mass is 32.2. The van der Waals surface area contributed by atoms with E-state index < -0.39 is 47.5 Å². The third-order valence-electron chi connectivity index (χ3n) is 5.33. The zero-order chi connectivity index (χ0) is 30.8. The van der Waals surface area contributed by atoms with Crippen molar-refractivity contribution in [2.75, 3.05) is 16.0 Å². The lowest BCUT2D eigenvalue weighted by molar-refractivity contribution is -0.603. The summed E-state index contributed by atoms with van der Waals surface area (Å²) in [4.78, 5) is 43.8. The number of carbonyl (C=O) groups excluding carboxylic acids is 2. The van der Waals surface area contributed by atoms with Crippen molar-refractivity contribution in [1.82, 2.24) is 15.0 Å². The van der Waals surface area contributed by atoms with Gasteiger partial charge in [-0.3, -0.25) is 18.7 Å². The molecule has 2 aromatic heterocycles. The summed E-state index contributed by atoms with van der Waals surface area (Å²) in [7, 11) is -9.73. The molecular weight excluding hydrogens is 596 g/mol. The van der Waals surface area contributed by atoms with E-state index in [0.717, 1.165) is 12.1 Å². The van der Waals surface area contributed by atoms with Crippen LogP contribution in [0, 0.1) is 0 Å². The van der Waals surface area contributed by atoms with E-state index in [-0.39, 0.29) is 40.2 Å². The first kappa shape index (κ1) is 29.7. The molecule has 0 saturated carbocycles. The molecule has 0 unspecified atom stereocenters. The smallest absolute Gasteiger partial charge is 0.366 e. The summed E-state index contributed by atoms with van der Waals surface area (Å²) in [6, 6.07) is 9.82. The third-order valence-corrected chi connectivity index (χ3v) is 7.11. The Bertz CT molecular complexity index is 2010. The van der Waals surface area contributed by atoms with E-state index in [2.05, 4.69) is 30.9 Å². The summed E-state index contributed by atoms with van der Waals surface area (Å²) in [5.41, 5.74) is 4.06. The van der Waals surface area contributed by atoms with Crippen LogP contribution in [0.4, 0.5) is 28.7 Å². The Morgan fingerprint density at radius 1 is 0.905 bits per heavy atom. The van der Waals surface area contributed by atoms with E-state index in [1.54, 1.807) is 0 Å². The van der Waals surface area contributed by atoms with E-state index in [9.17, 15) is 40.3 Å². The first-order chi connectivity index (χ1) is 19.6. The van der Waals surface area contributed by atoms with Crippen LogP contribution < -0.4 is 31.9 Å². The average Bonchev–Trinajstić information content (AvgIpc) is 2.88. The summed E-state index contributed by atoms with van der Waals surface area (Å²) in [5, 5.41) is 7.58. The second-order valence-electron chi connectivity index (χ2n) is 8.47. The number of pyridine rings is 1. The van der Waals surface area contributed by atoms with Gasteiger partial charge in [-0.2, -0.15) is 16.8 Å². The quantitative estimate of drug-likeness (QED) is 0.0996. The molecule has 0 spiro atoms. The molecule has 0 fully saturated rings. The Morgan fingerprint density at radius 2 is 1.50 bits per heavy atom. The third kappa shape index (κ3) is 7.09. The highest BCUT2D eigenvalue weighted by Gasteiger charge is 2.22. The molecule has 0 bridgehead atoms. The van der Waals surface area contributed by atoms with Gasteiger partial charge in [0.15, 0.2) is 0 Å². The fraction of sp³-hybridized carbons (Fsp3) is 0.0435. The molecule has 4 aromatic rings. The molecular formula is C23H21N8O9S2+. The Kier molecular flexibility index (Phi) is 8.02. The van der Waals surface area contributed by atoms with Crippen molar-refractivity contribution in [3.63, 3.8) is 0 Å². The van der Waals surface area contributed by atoms with Gasteiger partial charge in [-0.05, 0) is 58.5 Å². The Labute approximate surface area is 237 Å². The molecule has 0 radical (unpaired) electrons. The predicted molar refractivity (Wildman–Crippen MR) is 146 cm³/mol. The molecule has 2 amide bonds. The lowest BCUT2D eigenvalue weighted by Gasteiger charge is -2.14. The monoisotopic (exact) mass is 617 g/mol. The second-order valence-corrected chi connectivity index (χ2v) is 11.2. The summed E-state index contributed by atoms with van der Waals surface area (Å²) in [6.45, 7) is 1.20. The number of hydrogen-bond acceptors (Lipinski definition) is 11. The number of anilines is 5. The number of hydrogen-bond donors (Lipinski definition) is 7. The highest BCUT2D eigenvalue weighted by Crippen LogP contribution is 2.32. The van der Waals surface area contributed by atoms with Gasteiger partial charge < -0.3 is 21.7 Å². The van der Waals surface area contributed by atoms with Crippen LogP contribution >= 0.6 is 0 Å². The summed E-state index contributed by atoms with van der Waals surface area (Å²) in [5.74, 6) is -1.74. The van der Waals surface area contributed by atoms with Crippen LogP contribution in [-0.2, 0) is 25.0 Å². The first-order valence-electron chi connectivity index (χ1n) is 11.4. The molecule has 17 nitrogen and oxygen atoms in total. The maximum atomic E-state index is 12.2. The molecule has 0 aliphatic carbocycles. The van der Waals surface area contributed by atoms with Crippen LogP contribution in [0.15, 0.2) is 75.5 Å². The van der Waals surface area contributed by atoms with Gasteiger partial charge in [-0.1, -0.05) is 0 Å². The number of rotatable bonds is 9. The van der Waals surface area contributed by atoms with Crippen molar-refractivity contribution in [2.24, 2.45) is 5.73 Å². The van der Waals surface area contributed by atoms with Gasteiger partial charge in [-0.25, -0.2) is 14.3 Å². The van der Waals surface area contributed by atoms with Crippen molar-refractivity contribution in [1.29, 1.82) is 0 Å². The maximum absolute atomic E-state index is 12.2. The van der Waals surface area contributed by atoms with Gasteiger partial charge in [0.1, 0.15) is 9.79 Å². The molecule has 218 valence electrons. The normalized spacial score (nSPS) is 11.5. The molecule has 0 aliphatic rings. The number of nitrogens with zero attached hydrogens (tertiary/aromatic N) is 3. The minimum absolute atomic E-state index is 0.0407. The molecule has 0 atom stereocenters. The standard InChI is InChI=1S/C23H20N8O9S2/c1-12(32)25-14-4-6-16(18(9-14)41(35,36)37)26-15-5-7-17(19(10-15)42(38,39)40)27-21-28-22(30-23(34)29-21)31-8-2-3-13(11-31)20(24)33/h2-11,26H,1H3,(H6-,24,25,27,28,29,30,32,33,34,35,36,37,38,39,40)/p+1. The Balaban J connectivity index is 1.72. The van der Waals surface area contributed by atoms with Crippen LogP contribution in [0.25, 0.3) is 5.95 Å². The molecule has 0 aliphatic heterocycles. The van der Waals surface area contributed by atoms with Crippen LogP contribution in [0.1, 0.15) is 17.3 Å². The van der Waals surface area contributed by atoms with E-state index in [0.29, 0.717) is 0 Å².